The molecule has 6 heteroatoms. The Morgan fingerprint density at radius 2 is 1.86 bits per heavy atom. The molecule has 0 atom stereocenters. The number of methoxy groups -OCH3 is 1. The topological polar surface area (TPSA) is 60.4 Å². The summed E-state index contributed by atoms with van der Waals surface area (Å²) in [6, 6.07) is 11.1. The van der Waals surface area contributed by atoms with Crippen LogP contribution in [0, 0.1) is 5.82 Å². The van der Waals surface area contributed by atoms with Crippen LogP contribution < -0.4 is 4.74 Å². The fourth-order valence-electron chi connectivity index (χ4n) is 1.82. The van der Waals surface area contributed by atoms with E-state index in [1.54, 1.807) is 6.07 Å². The van der Waals surface area contributed by atoms with E-state index in [0.717, 1.165) is 6.07 Å². The van der Waals surface area contributed by atoms with Gasteiger partial charge in [-0.3, -0.25) is 4.79 Å². The fraction of sp³-hybridized carbons (Fsp3) is 0.133. The molecule has 0 unspecified atom stereocenters. The fourth-order valence-corrected chi connectivity index (χ4v) is 3.06. The lowest BCUT2D eigenvalue weighted by atomic mass is 10.1. The molecule has 0 saturated heterocycles. The van der Waals surface area contributed by atoms with Crippen molar-refractivity contribution in [3.63, 3.8) is 0 Å². The molecular formula is C15H13FO4S. The minimum absolute atomic E-state index is 0.0356. The van der Waals surface area contributed by atoms with Crippen LogP contribution in [0.25, 0.3) is 0 Å². The molecule has 0 fully saturated rings. The first-order valence-corrected chi connectivity index (χ1v) is 7.74. The number of carbonyl (C=O) groups is 1. The van der Waals surface area contributed by atoms with Crippen LogP contribution in [0.4, 0.5) is 4.39 Å². The van der Waals surface area contributed by atoms with Gasteiger partial charge in [-0.05, 0) is 30.3 Å². The summed E-state index contributed by atoms with van der Waals surface area (Å²) in [4.78, 5) is 11.9. The van der Waals surface area contributed by atoms with Crippen molar-refractivity contribution in [2.24, 2.45) is 0 Å². The zero-order valence-electron chi connectivity index (χ0n) is 11.2. The van der Waals surface area contributed by atoms with E-state index in [-0.39, 0.29) is 10.5 Å². The summed E-state index contributed by atoms with van der Waals surface area (Å²) in [7, 11) is -2.44. The van der Waals surface area contributed by atoms with Crippen molar-refractivity contribution in [2.75, 3.05) is 12.9 Å². The van der Waals surface area contributed by atoms with Gasteiger partial charge in [-0.1, -0.05) is 18.2 Å². The molecular weight excluding hydrogens is 295 g/mol. The van der Waals surface area contributed by atoms with E-state index in [9.17, 15) is 17.6 Å². The molecule has 0 aromatic heterocycles. The van der Waals surface area contributed by atoms with Crippen molar-refractivity contribution in [1.82, 2.24) is 0 Å². The number of hydrogen-bond donors (Lipinski definition) is 0. The lowest BCUT2D eigenvalue weighted by molar-refractivity contribution is 0.101. The zero-order valence-corrected chi connectivity index (χ0v) is 12.1. The van der Waals surface area contributed by atoms with E-state index in [2.05, 4.69) is 0 Å². The number of hydrogen-bond acceptors (Lipinski definition) is 4. The van der Waals surface area contributed by atoms with Gasteiger partial charge in [0.25, 0.3) is 0 Å². The van der Waals surface area contributed by atoms with Crippen molar-refractivity contribution >= 4 is 15.6 Å². The molecule has 4 nitrogen and oxygen atoms in total. The van der Waals surface area contributed by atoms with Crippen molar-refractivity contribution in [3.8, 4) is 5.75 Å². The first kappa shape index (κ1) is 15.2. The van der Waals surface area contributed by atoms with Gasteiger partial charge in [-0.2, -0.15) is 0 Å². The molecule has 2 aromatic carbocycles. The minimum atomic E-state index is -3.85. The van der Waals surface area contributed by atoms with Gasteiger partial charge in [0.05, 0.1) is 17.6 Å². The van der Waals surface area contributed by atoms with E-state index >= 15 is 0 Å². The standard InChI is InChI=1S/C15H13FO4S/c1-20-11-5-4-6-12(9-11)21(18,19)10-15(17)13-7-2-3-8-14(13)16/h2-9H,10H2,1H3. The second-order valence-electron chi connectivity index (χ2n) is 4.34. The summed E-state index contributed by atoms with van der Waals surface area (Å²) in [6.45, 7) is 0. The molecule has 0 saturated carbocycles. The molecule has 2 rings (SSSR count). The second-order valence-corrected chi connectivity index (χ2v) is 6.33. The van der Waals surface area contributed by atoms with Crippen molar-refractivity contribution in [2.45, 2.75) is 4.90 Å². The van der Waals surface area contributed by atoms with Gasteiger partial charge in [-0.15, -0.1) is 0 Å². The number of ketones is 1. The van der Waals surface area contributed by atoms with Gasteiger partial charge >= 0.3 is 0 Å². The molecule has 0 radical (unpaired) electrons. The quantitative estimate of drug-likeness (QED) is 0.796. The third-order valence-electron chi connectivity index (χ3n) is 2.90. The van der Waals surface area contributed by atoms with Crippen molar-refractivity contribution in [1.29, 1.82) is 0 Å². The van der Waals surface area contributed by atoms with Crippen LogP contribution in [-0.2, 0) is 9.84 Å². The third kappa shape index (κ3) is 3.46. The molecule has 0 aliphatic carbocycles. The molecule has 0 bridgehead atoms. The lowest BCUT2D eigenvalue weighted by Crippen LogP contribution is -2.17. The third-order valence-corrected chi connectivity index (χ3v) is 4.51. The molecule has 0 aliphatic heterocycles. The predicted octanol–water partition coefficient (Wildman–Crippen LogP) is 2.49. The molecule has 0 heterocycles. The Bertz CT molecular complexity index is 769. The minimum Gasteiger partial charge on any atom is -0.497 e. The summed E-state index contributed by atoms with van der Waals surface area (Å²) >= 11 is 0. The number of carbonyl (C=O) groups excluding carboxylic acids is 1. The van der Waals surface area contributed by atoms with Crippen LogP contribution >= 0.6 is 0 Å². The predicted molar refractivity (Wildman–Crippen MR) is 75.8 cm³/mol. The van der Waals surface area contributed by atoms with E-state index in [4.69, 9.17) is 4.74 Å². The number of rotatable bonds is 5. The van der Waals surface area contributed by atoms with Gasteiger partial charge in [0.1, 0.15) is 17.3 Å². The van der Waals surface area contributed by atoms with Crippen LogP contribution in [0.15, 0.2) is 53.4 Å². The summed E-state index contributed by atoms with van der Waals surface area (Å²) in [5.74, 6) is -1.94. The highest BCUT2D eigenvalue weighted by Gasteiger charge is 2.22. The number of ether oxygens (including phenoxy) is 1. The highest BCUT2D eigenvalue weighted by molar-refractivity contribution is 7.92. The first-order chi connectivity index (χ1) is 9.94. The van der Waals surface area contributed by atoms with Gasteiger partial charge in [0, 0.05) is 0 Å². The van der Waals surface area contributed by atoms with Gasteiger partial charge in [0.15, 0.2) is 15.6 Å². The Balaban J connectivity index is 2.29. The number of sulfone groups is 1. The highest BCUT2D eigenvalue weighted by Crippen LogP contribution is 2.19. The van der Waals surface area contributed by atoms with Crippen molar-refractivity contribution < 1.29 is 22.3 Å². The molecule has 110 valence electrons. The molecule has 0 spiro atoms. The molecule has 0 aliphatic rings. The lowest BCUT2D eigenvalue weighted by Gasteiger charge is -2.06. The van der Waals surface area contributed by atoms with Gasteiger partial charge < -0.3 is 4.74 Å². The average molecular weight is 308 g/mol. The molecule has 2 aromatic rings. The van der Waals surface area contributed by atoms with Crippen molar-refractivity contribution in [3.05, 3.63) is 59.9 Å². The van der Waals surface area contributed by atoms with Crippen LogP contribution in [0.5, 0.6) is 5.75 Å². The Hall–Kier alpha value is -2.21. The van der Waals surface area contributed by atoms with E-state index in [0.29, 0.717) is 5.75 Å². The summed E-state index contributed by atoms with van der Waals surface area (Å²) in [6.07, 6.45) is 0. The van der Waals surface area contributed by atoms with Crippen LogP contribution in [0.1, 0.15) is 10.4 Å². The maximum atomic E-state index is 13.5. The molecule has 0 N–H and O–H groups in total. The Morgan fingerprint density at radius 3 is 2.52 bits per heavy atom. The van der Waals surface area contributed by atoms with Crippen LogP contribution in [0.3, 0.4) is 0 Å². The first-order valence-electron chi connectivity index (χ1n) is 6.08. The Kier molecular flexibility index (Phi) is 4.37. The highest BCUT2D eigenvalue weighted by atomic mass is 32.2. The largest absolute Gasteiger partial charge is 0.497 e. The summed E-state index contributed by atoms with van der Waals surface area (Å²) < 4.78 is 42.8. The molecule has 21 heavy (non-hydrogen) atoms. The Morgan fingerprint density at radius 1 is 1.14 bits per heavy atom. The summed E-state index contributed by atoms with van der Waals surface area (Å²) in [5.41, 5.74) is -0.232. The smallest absolute Gasteiger partial charge is 0.185 e. The van der Waals surface area contributed by atoms with Gasteiger partial charge in [0.2, 0.25) is 0 Å². The van der Waals surface area contributed by atoms with E-state index in [1.165, 1.54) is 43.5 Å². The number of Topliss-reactive ketones (excluding diaryl/α,β-unsaturated/α-hetero) is 1. The number of benzene rings is 2. The maximum absolute atomic E-state index is 13.5. The number of halogens is 1. The average Bonchev–Trinajstić information content (AvgIpc) is 2.47. The van der Waals surface area contributed by atoms with E-state index in [1.807, 2.05) is 0 Å². The van der Waals surface area contributed by atoms with Gasteiger partial charge in [-0.25, -0.2) is 12.8 Å². The maximum Gasteiger partial charge on any atom is 0.185 e. The van der Waals surface area contributed by atoms with Crippen LogP contribution in [-0.4, -0.2) is 27.1 Å². The Labute approximate surface area is 122 Å². The normalized spacial score (nSPS) is 11.1. The summed E-state index contributed by atoms with van der Waals surface area (Å²) in [5, 5.41) is 0. The SMILES string of the molecule is COc1cccc(S(=O)(=O)CC(=O)c2ccccc2F)c1. The second kappa shape index (κ2) is 6.05. The van der Waals surface area contributed by atoms with Crippen LogP contribution in [0.2, 0.25) is 0 Å². The monoisotopic (exact) mass is 308 g/mol. The van der Waals surface area contributed by atoms with E-state index < -0.39 is 27.2 Å². The zero-order chi connectivity index (χ0) is 15.5. The molecule has 0 amide bonds.